The number of halogens is 2. The van der Waals surface area contributed by atoms with Crippen LogP contribution in [-0.2, 0) is 4.79 Å². The third-order valence-electron chi connectivity index (χ3n) is 3.27. The number of nitro benzene ring substituents is 1. The zero-order valence-electron chi connectivity index (χ0n) is 13.0. The molecule has 0 bridgehead atoms. The monoisotopic (exact) mass is 365 g/mol. The summed E-state index contributed by atoms with van der Waals surface area (Å²) in [5.41, 5.74) is -0.510. The van der Waals surface area contributed by atoms with E-state index in [1.165, 1.54) is 19.1 Å². The number of nitro groups is 1. The third kappa shape index (κ3) is 4.51. The maximum absolute atomic E-state index is 13.3. The molecule has 0 aliphatic heterocycles. The molecule has 0 aliphatic rings. The van der Waals surface area contributed by atoms with Gasteiger partial charge in [0.1, 0.15) is 6.04 Å². The predicted molar refractivity (Wildman–Crippen MR) is 90.1 cm³/mol. The van der Waals surface area contributed by atoms with Crippen molar-refractivity contribution in [2.24, 2.45) is 0 Å². The Labute approximate surface area is 146 Å². The summed E-state index contributed by atoms with van der Waals surface area (Å²) >= 11 is 5.91. The molecule has 2 amide bonds. The molecule has 0 saturated heterocycles. The molecule has 2 rings (SSSR count). The lowest BCUT2D eigenvalue weighted by Gasteiger charge is -2.14. The van der Waals surface area contributed by atoms with E-state index in [9.17, 15) is 24.1 Å². The molecule has 2 aromatic rings. The van der Waals surface area contributed by atoms with Crippen molar-refractivity contribution < 1.29 is 18.9 Å². The van der Waals surface area contributed by atoms with Crippen molar-refractivity contribution in [2.45, 2.75) is 13.0 Å². The Kier molecular flexibility index (Phi) is 5.66. The van der Waals surface area contributed by atoms with Gasteiger partial charge in [-0.1, -0.05) is 23.7 Å². The molecular weight excluding hydrogens is 353 g/mol. The summed E-state index contributed by atoms with van der Waals surface area (Å²) in [6.45, 7) is 1.43. The average Bonchev–Trinajstić information content (AvgIpc) is 2.56. The van der Waals surface area contributed by atoms with Crippen LogP contribution in [0, 0.1) is 15.9 Å². The maximum atomic E-state index is 13.3. The van der Waals surface area contributed by atoms with Gasteiger partial charge in [-0.15, -0.1) is 0 Å². The second-order valence-electron chi connectivity index (χ2n) is 5.09. The predicted octanol–water partition coefficient (Wildman–Crippen LogP) is 3.14. The van der Waals surface area contributed by atoms with Gasteiger partial charge in [-0.2, -0.15) is 4.39 Å². The number of carbonyl (C=O) groups excluding carboxylic acids is 2. The highest BCUT2D eigenvalue weighted by Gasteiger charge is 2.20. The van der Waals surface area contributed by atoms with Crippen molar-refractivity contribution in [2.75, 3.05) is 5.32 Å². The molecule has 0 aliphatic carbocycles. The van der Waals surface area contributed by atoms with Crippen LogP contribution in [0.25, 0.3) is 0 Å². The van der Waals surface area contributed by atoms with Crippen LogP contribution in [-0.4, -0.2) is 22.8 Å². The Morgan fingerprint density at radius 3 is 2.56 bits per heavy atom. The minimum absolute atomic E-state index is 0.0388. The summed E-state index contributed by atoms with van der Waals surface area (Å²) in [6, 6.07) is 8.34. The van der Waals surface area contributed by atoms with Gasteiger partial charge in [-0.3, -0.25) is 19.7 Å². The SMILES string of the molecule is C[C@@H](NC(=O)c1ccccc1Cl)C(=O)Nc1ccc(F)c([N+](=O)[O-])c1. The van der Waals surface area contributed by atoms with E-state index >= 15 is 0 Å². The fourth-order valence-corrected chi connectivity index (χ4v) is 2.19. The van der Waals surface area contributed by atoms with Gasteiger partial charge in [0.2, 0.25) is 11.7 Å². The first-order chi connectivity index (χ1) is 11.8. The number of hydrogen-bond acceptors (Lipinski definition) is 4. The largest absolute Gasteiger partial charge is 0.340 e. The lowest BCUT2D eigenvalue weighted by Crippen LogP contribution is -2.41. The highest BCUT2D eigenvalue weighted by molar-refractivity contribution is 6.33. The van der Waals surface area contributed by atoms with Gasteiger partial charge < -0.3 is 10.6 Å². The van der Waals surface area contributed by atoms with Crippen molar-refractivity contribution in [1.82, 2.24) is 5.32 Å². The van der Waals surface area contributed by atoms with E-state index in [1.807, 2.05) is 0 Å². The molecule has 0 unspecified atom stereocenters. The fraction of sp³-hybridized carbons (Fsp3) is 0.125. The molecule has 0 fully saturated rings. The zero-order valence-corrected chi connectivity index (χ0v) is 13.7. The normalized spacial score (nSPS) is 11.5. The smallest absolute Gasteiger partial charge is 0.306 e. The highest BCUT2D eigenvalue weighted by Crippen LogP contribution is 2.21. The Bertz CT molecular complexity index is 844. The molecule has 25 heavy (non-hydrogen) atoms. The number of amides is 2. The molecule has 1 atom stereocenters. The number of nitrogens with one attached hydrogen (secondary N) is 2. The Hall–Kier alpha value is -3.00. The molecule has 0 spiro atoms. The van der Waals surface area contributed by atoms with E-state index in [0.717, 1.165) is 12.1 Å². The second kappa shape index (κ2) is 7.71. The summed E-state index contributed by atoms with van der Waals surface area (Å²) in [7, 11) is 0. The minimum atomic E-state index is -1.01. The average molecular weight is 366 g/mol. The van der Waals surface area contributed by atoms with E-state index in [2.05, 4.69) is 10.6 Å². The second-order valence-corrected chi connectivity index (χ2v) is 5.49. The molecule has 2 aromatic carbocycles. The van der Waals surface area contributed by atoms with Crippen LogP contribution in [0.5, 0.6) is 0 Å². The lowest BCUT2D eigenvalue weighted by atomic mass is 10.2. The number of carbonyl (C=O) groups is 2. The van der Waals surface area contributed by atoms with E-state index in [0.29, 0.717) is 0 Å². The number of rotatable bonds is 5. The number of hydrogen-bond donors (Lipinski definition) is 2. The quantitative estimate of drug-likeness (QED) is 0.627. The topological polar surface area (TPSA) is 101 Å². The van der Waals surface area contributed by atoms with Crippen molar-refractivity contribution in [1.29, 1.82) is 0 Å². The fourth-order valence-electron chi connectivity index (χ4n) is 1.97. The Morgan fingerprint density at radius 1 is 1.24 bits per heavy atom. The minimum Gasteiger partial charge on any atom is -0.340 e. The first-order valence-corrected chi connectivity index (χ1v) is 7.47. The van der Waals surface area contributed by atoms with Gasteiger partial charge in [-0.25, -0.2) is 0 Å². The summed E-state index contributed by atoms with van der Waals surface area (Å²) in [5.74, 6) is -2.18. The molecule has 0 radical (unpaired) electrons. The van der Waals surface area contributed by atoms with Crippen LogP contribution in [0.3, 0.4) is 0 Å². The summed E-state index contributed by atoms with van der Waals surface area (Å²) in [4.78, 5) is 34.0. The van der Waals surface area contributed by atoms with E-state index in [4.69, 9.17) is 11.6 Å². The summed E-state index contributed by atoms with van der Waals surface area (Å²) in [5, 5.41) is 15.8. The van der Waals surface area contributed by atoms with Gasteiger partial charge in [-0.05, 0) is 31.2 Å². The zero-order chi connectivity index (χ0) is 18.6. The van der Waals surface area contributed by atoms with Crippen molar-refractivity contribution >= 4 is 34.8 Å². The number of benzene rings is 2. The van der Waals surface area contributed by atoms with Gasteiger partial charge in [0, 0.05) is 11.8 Å². The van der Waals surface area contributed by atoms with Crippen molar-refractivity contribution in [3.05, 3.63) is 69.0 Å². The standard InChI is InChI=1S/C16H13ClFN3O4/c1-9(19-16(23)11-4-2-3-5-12(11)17)15(22)20-10-6-7-13(18)14(8-10)21(24)25/h2-9H,1H3,(H,19,23)(H,20,22)/t9-/m1/s1. The first-order valence-electron chi connectivity index (χ1n) is 7.10. The molecule has 130 valence electrons. The summed E-state index contributed by atoms with van der Waals surface area (Å²) < 4.78 is 13.3. The van der Waals surface area contributed by atoms with E-state index in [1.54, 1.807) is 18.2 Å². The molecule has 2 N–H and O–H groups in total. The van der Waals surface area contributed by atoms with Crippen LogP contribution in [0.4, 0.5) is 15.8 Å². The molecular formula is C16H13ClFN3O4. The Balaban J connectivity index is 2.06. The Morgan fingerprint density at radius 2 is 1.92 bits per heavy atom. The third-order valence-corrected chi connectivity index (χ3v) is 3.60. The highest BCUT2D eigenvalue weighted by atomic mass is 35.5. The molecule has 0 heterocycles. The van der Waals surface area contributed by atoms with E-state index < -0.39 is 34.3 Å². The first kappa shape index (κ1) is 18.3. The van der Waals surface area contributed by atoms with Crippen LogP contribution in [0.1, 0.15) is 17.3 Å². The van der Waals surface area contributed by atoms with Gasteiger partial charge >= 0.3 is 5.69 Å². The van der Waals surface area contributed by atoms with Crippen LogP contribution >= 0.6 is 11.6 Å². The molecule has 0 saturated carbocycles. The van der Waals surface area contributed by atoms with Crippen molar-refractivity contribution in [3.8, 4) is 0 Å². The molecule has 0 aromatic heterocycles. The van der Waals surface area contributed by atoms with Gasteiger partial charge in [0.05, 0.1) is 15.5 Å². The van der Waals surface area contributed by atoms with Crippen LogP contribution in [0.15, 0.2) is 42.5 Å². The summed E-state index contributed by atoms with van der Waals surface area (Å²) in [6.07, 6.45) is 0. The van der Waals surface area contributed by atoms with Gasteiger partial charge in [0.15, 0.2) is 0 Å². The number of nitrogens with zero attached hydrogens (tertiary/aromatic N) is 1. The van der Waals surface area contributed by atoms with Crippen LogP contribution in [0.2, 0.25) is 5.02 Å². The molecule has 7 nitrogen and oxygen atoms in total. The van der Waals surface area contributed by atoms with Gasteiger partial charge in [0.25, 0.3) is 5.91 Å². The lowest BCUT2D eigenvalue weighted by molar-refractivity contribution is -0.387. The maximum Gasteiger partial charge on any atom is 0.306 e. The van der Waals surface area contributed by atoms with E-state index in [-0.39, 0.29) is 16.3 Å². The van der Waals surface area contributed by atoms with Crippen LogP contribution < -0.4 is 10.6 Å². The molecule has 9 heteroatoms. The van der Waals surface area contributed by atoms with Crippen molar-refractivity contribution in [3.63, 3.8) is 0 Å². The number of anilines is 1.